The fourth-order valence-corrected chi connectivity index (χ4v) is 4.86. The van der Waals surface area contributed by atoms with E-state index in [4.69, 9.17) is 0 Å². The van der Waals surface area contributed by atoms with Gasteiger partial charge in [-0.3, -0.25) is 0 Å². The SMILES string of the molecule is C=CCC1(O)C[C@H]2CCc3cc(O)ccc3C2(CC=C)CC1O. The van der Waals surface area contributed by atoms with Crippen LogP contribution in [0.4, 0.5) is 0 Å². The van der Waals surface area contributed by atoms with Crippen LogP contribution in [-0.4, -0.2) is 27.0 Å². The molecule has 0 heterocycles. The third kappa shape index (κ3) is 2.52. The van der Waals surface area contributed by atoms with Crippen LogP contribution in [0.25, 0.3) is 0 Å². The molecule has 3 unspecified atom stereocenters. The Morgan fingerprint density at radius 3 is 2.61 bits per heavy atom. The third-order valence-corrected chi connectivity index (χ3v) is 5.95. The molecule has 2 aliphatic carbocycles. The van der Waals surface area contributed by atoms with Crippen molar-refractivity contribution < 1.29 is 15.3 Å². The number of aryl methyl sites for hydroxylation is 1. The number of aliphatic hydroxyl groups excluding tert-OH is 1. The van der Waals surface area contributed by atoms with Crippen molar-refractivity contribution >= 4 is 0 Å². The summed E-state index contributed by atoms with van der Waals surface area (Å²) in [5.74, 6) is 0.585. The van der Waals surface area contributed by atoms with Crippen molar-refractivity contribution in [1.29, 1.82) is 0 Å². The summed E-state index contributed by atoms with van der Waals surface area (Å²) in [5, 5.41) is 31.3. The lowest BCUT2D eigenvalue weighted by Gasteiger charge is -2.55. The summed E-state index contributed by atoms with van der Waals surface area (Å²) >= 11 is 0. The van der Waals surface area contributed by atoms with E-state index in [0.29, 0.717) is 25.2 Å². The second-order valence-corrected chi connectivity index (χ2v) is 7.25. The lowest BCUT2D eigenvalue weighted by Crippen LogP contribution is -2.57. The van der Waals surface area contributed by atoms with Crippen LogP contribution in [0, 0.1) is 5.92 Å². The van der Waals surface area contributed by atoms with Crippen LogP contribution in [-0.2, 0) is 11.8 Å². The molecule has 23 heavy (non-hydrogen) atoms. The van der Waals surface area contributed by atoms with Gasteiger partial charge in [-0.25, -0.2) is 0 Å². The predicted molar refractivity (Wildman–Crippen MR) is 91.4 cm³/mol. The maximum absolute atomic E-state index is 10.9. The zero-order chi connectivity index (χ0) is 16.7. The minimum Gasteiger partial charge on any atom is -0.508 e. The molecular formula is C20H26O3. The zero-order valence-corrected chi connectivity index (χ0v) is 13.5. The van der Waals surface area contributed by atoms with Crippen molar-refractivity contribution in [3.63, 3.8) is 0 Å². The molecule has 0 aliphatic heterocycles. The van der Waals surface area contributed by atoms with Crippen LogP contribution in [0.5, 0.6) is 5.75 Å². The number of phenols is 1. The van der Waals surface area contributed by atoms with Crippen molar-refractivity contribution in [3.05, 3.63) is 54.6 Å². The van der Waals surface area contributed by atoms with Crippen LogP contribution < -0.4 is 0 Å². The minimum absolute atomic E-state index is 0.199. The molecule has 0 spiro atoms. The number of hydrogen-bond acceptors (Lipinski definition) is 3. The fraction of sp³-hybridized carbons (Fsp3) is 0.500. The van der Waals surface area contributed by atoms with Gasteiger partial charge in [-0.1, -0.05) is 18.2 Å². The fourth-order valence-electron chi connectivity index (χ4n) is 4.86. The molecule has 0 aromatic heterocycles. The number of fused-ring (bicyclic) bond motifs is 3. The van der Waals surface area contributed by atoms with Gasteiger partial charge in [0.15, 0.2) is 0 Å². The highest BCUT2D eigenvalue weighted by Crippen LogP contribution is 2.55. The second kappa shape index (κ2) is 5.81. The molecule has 1 fully saturated rings. The first-order valence-electron chi connectivity index (χ1n) is 8.40. The van der Waals surface area contributed by atoms with Gasteiger partial charge in [-0.15, -0.1) is 13.2 Å². The topological polar surface area (TPSA) is 60.7 Å². The maximum Gasteiger partial charge on any atom is 0.115 e. The van der Waals surface area contributed by atoms with Crippen molar-refractivity contribution in [2.45, 2.75) is 55.6 Å². The first-order chi connectivity index (χ1) is 10.9. The molecule has 3 nitrogen and oxygen atoms in total. The van der Waals surface area contributed by atoms with Gasteiger partial charge in [0.2, 0.25) is 0 Å². The minimum atomic E-state index is -1.08. The Morgan fingerprint density at radius 2 is 1.91 bits per heavy atom. The lowest BCUT2D eigenvalue weighted by molar-refractivity contribution is -0.137. The van der Waals surface area contributed by atoms with Crippen LogP contribution in [0.15, 0.2) is 43.5 Å². The number of phenolic OH excluding ortho intramolecular Hbond substituents is 1. The molecule has 3 N–H and O–H groups in total. The summed E-state index contributed by atoms with van der Waals surface area (Å²) in [6.45, 7) is 7.64. The standard InChI is InChI=1S/C20H26O3/c1-3-9-19-13-18(22)20(23,10-4-2)12-15(19)6-5-14-11-16(21)7-8-17(14)19/h3-4,7-8,11,15,18,21-23H,1-2,5-6,9-10,12-13H2/t15-,18?,19?,20?/m1/s1. The van der Waals surface area contributed by atoms with E-state index < -0.39 is 11.7 Å². The van der Waals surface area contributed by atoms with Gasteiger partial charge in [0.05, 0.1) is 11.7 Å². The molecule has 4 atom stereocenters. The average Bonchev–Trinajstić information content (AvgIpc) is 2.49. The highest BCUT2D eigenvalue weighted by molar-refractivity contribution is 5.44. The Balaban J connectivity index is 2.06. The Labute approximate surface area is 138 Å². The first kappa shape index (κ1) is 16.3. The van der Waals surface area contributed by atoms with Crippen molar-refractivity contribution in [2.24, 2.45) is 5.92 Å². The Hall–Kier alpha value is -1.58. The van der Waals surface area contributed by atoms with E-state index >= 15 is 0 Å². The van der Waals surface area contributed by atoms with E-state index in [0.717, 1.165) is 24.8 Å². The van der Waals surface area contributed by atoms with Gasteiger partial charge < -0.3 is 15.3 Å². The molecule has 0 bridgehead atoms. The Morgan fingerprint density at radius 1 is 1.17 bits per heavy atom. The maximum atomic E-state index is 10.9. The molecule has 1 saturated carbocycles. The summed E-state index contributed by atoms with van der Waals surface area (Å²) in [4.78, 5) is 0. The molecule has 0 saturated heterocycles. The lowest BCUT2D eigenvalue weighted by atomic mass is 9.52. The average molecular weight is 314 g/mol. The van der Waals surface area contributed by atoms with Gasteiger partial charge in [-0.2, -0.15) is 0 Å². The first-order valence-corrected chi connectivity index (χ1v) is 8.40. The van der Waals surface area contributed by atoms with Gasteiger partial charge in [0, 0.05) is 5.41 Å². The normalized spacial score (nSPS) is 35.9. The summed E-state index contributed by atoms with van der Waals surface area (Å²) < 4.78 is 0. The van der Waals surface area contributed by atoms with Gasteiger partial charge in [-0.05, 0) is 67.7 Å². The summed E-state index contributed by atoms with van der Waals surface area (Å²) in [7, 11) is 0. The highest BCUT2D eigenvalue weighted by Gasteiger charge is 2.54. The summed E-state index contributed by atoms with van der Waals surface area (Å²) in [6, 6.07) is 5.56. The molecule has 3 rings (SSSR count). The summed E-state index contributed by atoms with van der Waals surface area (Å²) in [5.41, 5.74) is 1.08. The van der Waals surface area contributed by atoms with E-state index in [-0.39, 0.29) is 11.2 Å². The predicted octanol–water partition coefficient (Wildman–Crippen LogP) is 3.23. The molecular weight excluding hydrogens is 288 g/mol. The number of aromatic hydroxyl groups is 1. The van der Waals surface area contributed by atoms with Crippen LogP contribution >= 0.6 is 0 Å². The van der Waals surface area contributed by atoms with Crippen LogP contribution in [0.3, 0.4) is 0 Å². The van der Waals surface area contributed by atoms with E-state index in [1.54, 1.807) is 12.1 Å². The van der Waals surface area contributed by atoms with Crippen molar-refractivity contribution in [2.75, 3.05) is 0 Å². The molecule has 3 heteroatoms. The van der Waals surface area contributed by atoms with Crippen molar-refractivity contribution in [1.82, 2.24) is 0 Å². The molecule has 0 radical (unpaired) electrons. The highest BCUT2D eigenvalue weighted by atomic mass is 16.3. The quantitative estimate of drug-likeness (QED) is 0.748. The van der Waals surface area contributed by atoms with Gasteiger partial charge >= 0.3 is 0 Å². The summed E-state index contributed by atoms with van der Waals surface area (Å²) in [6.07, 6.45) is 6.97. The molecule has 1 aromatic rings. The van der Waals surface area contributed by atoms with E-state index in [9.17, 15) is 15.3 Å². The zero-order valence-electron chi connectivity index (χ0n) is 13.5. The molecule has 1 aromatic carbocycles. The number of aliphatic hydroxyl groups is 2. The van der Waals surface area contributed by atoms with Crippen LogP contribution in [0.2, 0.25) is 0 Å². The van der Waals surface area contributed by atoms with E-state index in [2.05, 4.69) is 13.2 Å². The molecule has 0 amide bonds. The number of benzene rings is 1. The Kier molecular flexibility index (Phi) is 4.11. The number of hydrogen-bond donors (Lipinski definition) is 3. The van der Waals surface area contributed by atoms with Crippen molar-refractivity contribution in [3.8, 4) is 5.75 Å². The largest absolute Gasteiger partial charge is 0.508 e. The second-order valence-electron chi connectivity index (χ2n) is 7.25. The smallest absolute Gasteiger partial charge is 0.115 e. The molecule has 124 valence electrons. The van der Waals surface area contributed by atoms with Gasteiger partial charge in [0.1, 0.15) is 5.75 Å². The number of allylic oxidation sites excluding steroid dienone is 1. The van der Waals surface area contributed by atoms with Crippen LogP contribution in [0.1, 0.15) is 43.2 Å². The van der Waals surface area contributed by atoms with Gasteiger partial charge in [0.25, 0.3) is 0 Å². The van der Waals surface area contributed by atoms with E-state index in [1.807, 2.05) is 18.2 Å². The number of rotatable bonds is 4. The molecule has 2 aliphatic rings. The third-order valence-electron chi connectivity index (χ3n) is 5.95. The monoisotopic (exact) mass is 314 g/mol. The van der Waals surface area contributed by atoms with E-state index in [1.165, 1.54) is 5.56 Å². The Bertz CT molecular complexity index is 623.